The van der Waals surface area contributed by atoms with Crippen molar-refractivity contribution in [1.29, 1.82) is 0 Å². The van der Waals surface area contributed by atoms with E-state index in [1.165, 1.54) is 11.3 Å². The third-order valence-electron chi connectivity index (χ3n) is 1.68. The van der Waals surface area contributed by atoms with E-state index < -0.39 is 10.0 Å². The second-order valence-corrected chi connectivity index (χ2v) is 8.06. The molecule has 4 nitrogen and oxygen atoms in total. The Balaban J connectivity index is 2.71. The van der Waals surface area contributed by atoms with Gasteiger partial charge in [0.2, 0.25) is 0 Å². The Labute approximate surface area is 108 Å². The molecule has 0 saturated carbocycles. The molecule has 92 valence electrons. The molecule has 1 heterocycles. The predicted octanol–water partition coefficient (Wildman–Crippen LogP) is 2.68. The first-order valence-corrected chi connectivity index (χ1v) is 7.81. The topological polar surface area (TPSA) is 55.4 Å². The summed E-state index contributed by atoms with van der Waals surface area (Å²) >= 11 is 4.45. The second-order valence-electron chi connectivity index (χ2n) is 3.81. The van der Waals surface area contributed by atoms with Crippen LogP contribution in [0.1, 0.15) is 19.4 Å². The molecule has 0 spiro atoms. The quantitative estimate of drug-likeness (QED) is 0.846. The van der Waals surface area contributed by atoms with Crippen LogP contribution in [0, 0.1) is 12.8 Å². The van der Waals surface area contributed by atoms with Crippen LogP contribution in [0.25, 0.3) is 0 Å². The van der Waals surface area contributed by atoms with Crippen molar-refractivity contribution in [2.45, 2.75) is 25.0 Å². The Kier molecular flexibility index (Phi) is 4.93. The largest absolute Gasteiger partial charge is 0.287 e. The molecular formula is C9H14BrNO3S2. The van der Waals surface area contributed by atoms with Crippen LogP contribution in [0.3, 0.4) is 0 Å². The van der Waals surface area contributed by atoms with E-state index in [2.05, 4.69) is 20.8 Å². The maximum absolute atomic E-state index is 11.7. The molecule has 1 N–H and O–H groups in total. The number of halogens is 1. The molecule has 0 aliphatic heterocycles. The zero-order chi connectivity index (χ0) is 12.3. The van der Waals surface area contributed by atoms with Gasteiger partial charge in [-0.25, -0.2) is 8.42 Å². The third kappa shape index (κ3) is 3.81. The summed E-state index contributed by atoms with van der Waals surface area (Å²) in [5.41, 5.74) is 0.897. The lowest BCUT2D eigenvalue weighted by Crippen LogP contribution is -2.25. The molecular weight excluding hydrogens is 314 g/mol. The first kappa shape index (κ1) is 14.1. The molecule has 0 radical (unpaired) electrons. The van der Waals surface area contributed by atoms with Crippen molar-refractivity contribution in [2.75, 3.05) is 6.61 Å². The van der Waals surface area contributed by atoms with Gasteiger partial charge >= 0.3 is 0 Å². The number of aryl methyl sites for hydroxylation is 1. The first-order chi connectivity index (χ1) is 7.33. The van der Waals surface area contributed by atoms with Crippen molar-refractivity contribution in [3.8, 4) is 0 Å². The molecule has 0 unspecified atom stereocenters. The molecule has 0 aliphatic rings. The summed E-state index contributed by atoms with van der Waals surface area (Å²) in [5.74, 6) is 0.277. The molecule has 16 heavy (non-hydrogen) atoms. The van der Waals surface area contributed by atoms with Gasteiger partial charge in [-0.3, -0.25) is 4.84 Å². The van der Waals surface area contributed by atoms with Gasteiger partial charge in [0.15, 0.2) is 0 Å². The summed E-state index contributed by atoms with van der Waals surface area (Å²) in [7, 11) is -3.54. The number of thiophene rings is 1. The number of sulfonamides is 1. The Morgan fingerprint density at radius 3 is 2.62 bits per heavy atom. The van der Waals surface area contributed by atoms with E-state index in [0.717, 1.165) is 9.35 Å². The zero-order valence-corrected chi connectivity index (χ0v) is 12.5. The molecule has 0 bridgehead atoms. The van der Waals surface area contributed by atoms with Crippen LogP contribution >= 0.6 is 27.3 Å². The standard InChI is InChI=1S/C9H14BrNO3S2/c1-6(2)5-14-11-16(12,13)8-4-7(3)9(10)15-8/h4,6,11H,5H2,1-3H3. The number of nitrogens with one attached hydrogen (secondary N) is 1. The molecule has 0 fully saturated rings. The Morgan fingerprint density at radius 1 is 1.56 bits per heavy atom. The molecule has 0 aliphatic carbocycles. The fraction of sp³-hybridized carbons (Fsp3) is 0.556. The molecule has 0 aromatic carbocycles. The average Bonchev–Trinajstić information content (AvgIpc) is 2.46. The average molecular weight is 328 g/mol. The third-order valence-corrected chi connectivity index (χ3v) is 5.51. The van der Waals surface area contributed by atoms with Crippen molar-refractivity contribution < 1.29 is 13.3 Å². The van der Waals surface area contributed by atoms with Crippen LogP contribution in [0.15, 0.2) is 14.1 Å². The minimum atomic E-state index is -3.54. The molecule has 0 saturated heterocycles. The lowest BCUT2D eigenvalue weighted by Gasteiger charge is -2.07. The summed E-state index contributed by atoms with van der Waals surface area (Å²) in [6.07, 6.45) is 0. The molecule has 1 rings (SSSR count). The van der Waals surface area contributed by atoms with E-state index in [-0.39, 0.29) is 10.1 Å². The van der Waals surface area contributed by atoms with Crippen molar-refractivity contribution in [1.82, 2.24) is 4.89 Å². The fourth-order valence-corrected chi connectivity index (χ4v) is 3.90. The van der Waals surface area contributed by atoms with Gasteiger partial charge in [-0.05, 0) is 40.4 Å². The molecule has 1 aromatic rings. The van der Waals surface area contributed by atoms with Crippen molar-refractivity contribution >= 4 is 37.3 Å². The SMILES string of the molecule is Cc1cc(S(=O)(=O)NOCC(C)C)sc1Br. The van der Waals surface area contributed by atoms with Crippen LogP contribution in [-0.2, 0) is 14.9 Å². The summed E-state index contributed by atoms with van der Waals surface area (Å²) < 4.78 is 24.5. The normalized spacial score (nSPS) is 12.3. The lowest BCUT2D eigenvalue weighted by atomic mass is 10.2. The van der Waals surface area contributed by atoms with E-state index in [0.29, 0.717) is 6.61 Å². The zero-order valence-electron chi connectivity index (χ0n) is 9.28. The van der Waals surface area contributed by atoms with Gasteiger partial charge in [0.1, 0.15) is 4.21 Å². The van der Waals surface area contributed by atoms with Crippen LogP contribution in [-0.4, -0.2) is 15.0 Å². The molecule has 7 heteroatoms. The number of hydrogen-bond acceptors (Lipinski definition) is 4. The maximum atomic E-state index is 11.7. The summed E-state index contributed by atoms with van der Waals surface area (Å²) in [5, 5.41) is 0. The molecule has 0 amide bonds. The Morgan fingerprint density at radius 2 is 2.19 bits per heavy atom. The van der Waals surface area contributed by atoms with Crippen molar-refractivity contribution in [2.24, 2.45) is 5.92 Å². The Bertz CT molecular complexity index is 434. The highest BCUT2D eigenvalue weighted by Gasteiger charge is 2.18. The predicted molar refractivity (Wildman–Crippen MR) is 67.9 cm³/mol. The van der Waals surface area contributed by atoms with Crippen LogP contribution in [0.4, 0.5) is 0 Å². The van der Waals surface area contributed by atoms with Crippen molar-refractivity contribution in [3.05, 3.63) is 15.4 Å². The van der Waals surface area contributed by atoms with E-state index in [9.17, 15) is 8.42 Å². The molecule has 0 atom stereocenters. The van der Waals surface area contributed by atoms with Gasteiger partial charge in [-0.15, -0.1) is 11.3 Å². The Hall–Kier alpha value is 0.0500. The number of rotatable bonds is 5. The van der Waals surface area contributed by atoms with Gasteiger partial charge in [-0.2, -0.15) is 0 Å². The van der Waals surface area contributed by atoms with Gasteiger partial charge < -0.3 is 0 Å². The number of hydrogen-bond donors (Lipinski definition) is 1. The summed E-state index contributed by atoms with van der Waals surface area (Å²) in [4.78, 5) is 7.03. The van der Waals surface area contributed by atoms with Crippen LogP contribution in [0.2, 0.25) is 0 Å². The van der Waals surface area contributed by atoms with Crippen LogP contribution < -0.4 is 4.89 Å². The summed E-state index contributed by atoms with van der Waals surface area (Å²) in [6, 6.07) is 1.61. The van der Waals surface area contributed by atoms with E-state index in [1.54, 1.807) is 6.07 Å². The summed E-state index contributed by atoms with van der Waals surface area (Å²) in [6.45, 7) is 6.08. The van der Waals surface area contributed by atoms with Gasteiger partial charge in [0.05, 0.1) is 10.4 Å². The minimum Gasteiger partial charge on any atom is -0.287 e. The highest BCUT2D eigenvalue weighted by Crippen LogP contribution is 2.30. The highest BCUT2D eigenvalue weighted by molar-refractivity contribution is 9.11. The minimum absolute atomic E-state index is 0.251. The van der Waals surface area contributed by atoms with E-state index in [4.69, 9.17) is 4.84 Å². The van der Waals surface area contributed by atoms with E-state index >= 15 is 0 Å². The van der Waals surface area contributed by atoms with Gasteiger partial charge in [0, 0.05) is 0 Å². The van der Waals surface area contributed by atoms with Gasteiger partial charge in [0.25, 0.3) is 10.0 Å². The first-order valence-electron chi connectivity index (χ1n) is 4.72. The van der Waals surface area contributed by atoms with Gasteiger partial charge in [-0.1, -0.05) is 18.7 Å². The van der Waals surface area contributed by atoms with E-state index in [1.807, 2.05) is 20.8 Å². The fourth-order valence-electron chi connectivity index (χ4n) is 0.884. The smallest absolute Gasteiger partial charge is 0.271 e. The second kappa shape index (κ2) is 5.59. The maximum Gasteiger partial charge on any atom is 0.271 e. The molecule has 1 aromatic heterocycles. The lowest BCUT2D eigenvalue weighted by molar-refractivity contribution is 0.0720. The monoisotopic (exact) mass is 327 g/mol. The highest BCUT2D eigenvalue weighted by atomic mass is 79.9. The van der Waals surface area contributed by atoms with Crippen molar-refractivity contribution in [3.63, 3.8) is 0 Å². The van der Waals surface area contributed by atoms with Crippen LogP contribution in [0.5, 0.6) is 0 Å².